The summed E-state index contributed by atoms with van der Waals surface area (Å²) in [5.41, 5.74) is 5.32. The fraction of sp³-hybridized carbons (Fsp3) is 0.333. The zero-order valence-electron chi connectivity index (χ0n) is 16.7. The molecular formula is C24H23NO4S. The van der Waals surface area contributed by atoms with Crippen LogP contribution in [0, 0.1) is 5.92 Å². The summed E-state index contributed by atoms with van der Waals surface area (Å²) in [5, 5.41) is 0. The van der Waals surface area contributed by atoms with E-state index in [0.717, 1.165) is 5.57 Å². The highest BCUT2D eigenvalue weighted by Crippen LogP contribution is 2.59. The van der Waals surface area contributed by atoms with Gasteiger partial charge in [0.15, 0.2) is 0 Å². The zero-order valence-corrected chi connectivity index (χ0v) is 17.5. The molecule has 154 valence electrons. The third-order valence-electron chi connectivity index (χ3n) is 6.50. The standard InChI is InChI=1S/C24H23NO4S/c1-15(26)29-14-21-23(16-7-3-2-4-8-16)19-13-20(22-11-12-30(27,28)25-22)24(21)18-10-6-5-9-17(18)19/h2-10,13,19,21,23-24H,11-12,14H2,1H3. The molecule has 2 aromatic rings. The molecule has 4 aliphatic rings. The summed E-state index contributed by atoms with van der Waals surface area (Å²) in [6.45, 7) is 1.72. The highest BCUT2D eigenvalue weighted by Gasteiger charge is 2.49. The first-order valence-electron chi connectivity index (χ1n) is 10.3. The lowest BCUT2D eigenvalue weighted by Crippen LogP contribution is -2.40. The van der Waals surface area contributed by atoms with Gasteiger partial charge in [-0.05, 0) is 22.3 Å². The largest absolute Gasteiger partial charge is 0.466 e. The molecule has 5 nitrogen and oxygen atoms in total. The Morgan fingerprint density at radius 1 is 1.07 bits per heavy atom. The van der Waals surface area contributed by atoms with E-state index >= 15 is 0 Å². The van der Waals surface area contributed by atoms with Crippen molar-refractivity contribution in [3.63, 3.8) is 0 Å². The van der Waals surface area contributed by atoms with Gasteiger partial charge in [-0.25, -0.2) is 8.42 Å². The van der Waals surface area contributed by atoms with E-state index in [0.29, 0.717) is 18.7 Å². The Morgan fingerprint density at radius 3 is 2.43 bits per heavy atom. The van der Waals surface area contributed by atoms with E-state index in [1.807, 2.05) is 30.3 Å². The first-order valence-corrected chi connectivity index (χ1v) is 11.9. The number of carbonyl (C=O) groups is 1. The highest BCUT2D eigenvalue weighted by molar-refractivity contribution is 7.90. The van der Waals surface area contributed by atoms with Gasteiger partial charge in [0.2, 0.25) is 0 Å². The van der Waals surface area contributed by atoms with Gasteiger partial charge in [0.1, 0.15) is 0 Å². The van der Waals surface area contributed by atoms with Crippen molar-refractivity contribution in [2.45, 2.75) is 31.1 Å². The Kier molecular flexibility index (Phi) is 4.62. The Hall–Kier alpha value is -2.73. The van der Waals surface area contributed by atoms with Gasteiger partial charge in [-0.3, -0.25) is 4.79 Å². The number of sulfonamides is 1. The molecule has 2 bridgehead atoms. The van der Waals surface area contributed by atoms with E-state index in [-0.39, 0.29) is 35.4 Å². The highest BCUT2D eigenvalue weighted by atomic mass is 32.2. The van der Waals surface area contributed by atoms with Crippen LogP contribution in [-0.4, -0.2) is 32.5 Å². The number of allylic oxidation sites excluding steroid dienone is 2. The summed E-state index contributed by atoms with van der Waals surface area (Å²) < 4.78 is 33.7. The number of esters is 1. The topological polar surface area (TPSA) is 72.8 Å². The molecular weight excluding hydrogens is 398 g/mol. The Morgan fingerprint density at radius 2 is 1.77 bits per heavy atom. The third-order valence-corrected chi connectivity index (χ3v) is 7.72. The van der Waals surface area contributed by atoms with Crippen LogP contribution in [0.1, 0.15) is 47.8 Å². The van der Waals surface area contributed by atoms with Crippen LogP contribution in [0.4, 0.5) is 0 Å². The van der Waals surface area contributed by atoms with E-state index < -0.39 is 10.0 Å². The second-order valence-electron chi connectivity index (χ2n) is 8.23. The van der Waals surface area contributed by atoms with Crippen molar-refractivity contribution in [2.75, 3.05) is 12.4 Å². The molecule has 6 rings (SSSR count). The van der Waals surface area contributed by atoms with Gasteiger partial charge >= 0.3 is 5.97 Å². The van der Waals surface area contributed by atoms with Crippen molar-refractivity contribution in [3.8, 4) is 0 Å². The van der Waals surface area contributed by atoms with Crippen LogP contribution in [0.5, 0.6) is 0 Å². The minimum absolute atomic E-state index is 0.0159. The summed E-state index contributed by atoms with van der Waals surface area (Å²) in [6, 6.07) is 18.7. The number of benzene rings is 2. The van der Waals surface area contributed by atoms with Crippen LogP contribution in [0.2, 0.25) is 0 Å². The molecule has 6 heteroatoms. The number of ether oxygens (including phenoxy) is 1. The third kappa shape index (κ3) is 3.19. The average Bonchev–Trinajstić information content (AvgIpc) is 3.12. The maximum absolute atomic E-state index is 12.0. The normalized spacial score (nSPS) is 28.4. The molecule has 2 aromatic carbocycles. The Bertz CT molecular complexity index is 1170. The number of hydrogen-bond donors (Lipinski definition) is 0. The molecule has 1 aliphatic heterocycles. The summed E-state index contributed by atoms with van der Waals surface area (Å²) in [7, 11) is -3.39. The first-order chi connectivity index (χ1) is 14.4. The minimum atomic E-state index is -3.39. The summed E-state index contributed by atoms with van der Waals surface area (Å²) in [4.78, 5) is 11.7. The van der Waals surface area contributed by atoms with Gasteiger partial charge in [0, 0.05) is 37.0 Å². The maximum Gasteiger partial charge on any atom is 0.302 e. The predicted octanol–water partition coefficient (Wildman–Crippen LogP) is 3.95. The van der Waals surface area contributed by atoms with Crippen LogP contribution < -0.4 is 0 Å². The second kappa shape index (κ2) is 7.20. The average molecular weight is 422 g/mol. The van der Waals surface area contributed by atoms with Crippen molar-refractivity contribution >= 4 is 21.7 Å². The summed E-state index contributed by atoms with van der Waals surface area (Å²) >= 11 is 0. The monoisotopic (exact) mass is 421 g/mol. The SMILES string of the molecule is CC(=O)OCC1C2C(C3=NS(=O)(=O)CC3)=CC(c3ccccc32)C1c1ccccc1. The fourth-order valence-corrected chi connectivity index (χ4v) is 6.46. The van der Waals surface area contributed by atoms with E-state index in [9.17, 15) is 13.2 Å². The lowest BCUT2D eigenvalue weighted by atomic mass is 9.55. The lowest BCUT2D eigenvalue weighted by molar-refractivity contribution is -0.142. The molecule has 0 amide bonds. The molecule has 0 spiro atoms. The molecule has 0 radical (unpaired) electrons. The molecule has 0 fully saturated rings. The Labute approximate surface area is 176 Å². The number of fused-ring (bicyclic) bond motifs is 1. The maximum atomic E-state index is 12.0. The van der Waals surface area contributed by atoms with Crippen molar-refractivity contribution < 1.29 is 17.9 Å². The molecule has 3 aliphatic carbocycles. The Balaban J connectivity index is 1.68. The molecule has 4 unspecified atom stereocenters. The summed E-state index contributed by atoms with van der Waals surface area (Å²) in [6.07, 6.45) is 2.66. The molecule has 4 atom stereocenters. The van der Waals surface area contributed by atoms with Gasteiger partial charge < -0.3 is 4.74 Å². The van der Waals surface area contributed by atoms with E-state index in [1.54, 1.807) is 0 Å². The van der Waals surface area contributed by atoms with Gasteiger partial charge in [0.25, 0.3) is 10.0 Å². The van der Waals surface area contributed by atoms with Crippen molar-refractivity contribution in [1.29, 1.82) is 0 Å². The molecule has 0 N–H and O–H groups in total. The molecule has 0 saturated carbocycles. The molecule has 0 aromatic heterocycles. The van der Waals surface area contributed by atoms with E-state index in [2.05, 4.69) is 34.7 Å². The van der Waals surface area contributed by atoms with Crippen molar-refractivity contribution in [3.05, 3.63) is 82.9 Å². The van der Waals surface area contributed by atoms with Gasteiger partial charge in [0.05, 0.1) is 18.1 Å². The molecule has 1 heterocycles. The number of carbonyl (C=O) groups excluding carboxylic acids is 1. The first kappa shape index (κ1) is 19.2. The van der Waals surface area contributed by atoms with Crippen LogP contribution >= 0.6 is 0 Å². The second-order valence-corrected chi connectivity index (χ2v) is 9.99. The number of hydrogen-bond acceptors (Lipinski definition) is 4. The smallest absolute Gasteiger partial charge is 0.302 e. The molecule has 30 heavy (non-hydrogen) atoms. The van der Waals surface area contributed by atoms with E-state index in [4.69, 9.17) is 4.74 Å². The fourth-order valence-electron chi connectivity index (χ4n) is 5.38. The van der Waals surface area contributed by atoms with Gasteiger partial charge in [-0.1, -0.05) is 60.7 Å². The van der Waals surface area contributed by atoms with Crippen molar-refractivity contribution in [2.24, 2.45) is 10.3 Å². The predicted molar refractivity (Wildman–Crippen MR) is 115 cm³/mol. The van der Waals surface area contributed by atoms with Gasteiger partial charge in [-0.2, -0.15) is 4.40 Å². The quantitative estimate of drug-likeness (QED) is 0.701. The van der Waals surface area contributed by atoms with Gasteiger partial charge in [-0.15, -0.1) is 0 Å². The van der Waals surface area contributed by atoms with E-state index in [1.165, 1.54) is 23.6 Å². The number of rotatable bonds is 4. The lowest BCUT2D eigenvalue weighted by Gasteiger charge is -2.49. The van der Waals surface area contributed by atoms with Crippen LogP contribution in [0.3, 0.4) is 0 Å². The summed E-state index contributed by atoms with van der Waals surface area (Å²) in [5.74, 6) is -0.0500. The van der Waals surface area contributed by atoms with Crippen LogP contribution in [0.25, 0.3) is 0 Å². The van der Waals surface area contributed by atoms with Crippen molar-refractivity contribution in [1.82, 2.24) is 0 Å². The van der Waals surface area contributed by atoms with Crippen LogP contribution in [-0.2, 0) is 19.6 Å². The molecule has 0 saturated heterocycles. The minimum Gasteiger partial charge on any atom is -0.466 e. The van der Waals surface area contributed by atoms with Crippen LogP contribution in [0.15, 0.2) is 70.6 Å². The zero-order chi connectivity index (χ0) is 20.9. The number of nitrogens with zero attached hydrogens (tertiary/aromatic N) is 1.